The molecule has 0 radical (unpaired) electrons. The van der Waals surface area contributed by atoms with Gasteiger partial charge in [-0.2, -0.15) is 0 Å². The molecule has 0 spiro atoms. The second-order valence-electron chi connectivity index (χ2n) is 8.92. The molecule has 3 aromatic rings. The summed E-state index contributed by atoms with van der Waals surface area (Å²) in [5.41, 5.74) is 4.19. The summed E-state index contributed by atoms with van der Waals surface area (Å²) in [4.78, 5) is 13.0. The number of aromatic nitrogens is 1. The van der Waals surface area contributed by atoms with Crippen molar-refractivity contribution < 1.29 is 9.53 Å². The van der Waals surface area contributed by atoms with E-state index in [0.29, 0.717) is 11.8 Å². The van der Waals surface area contributed by atoms with Gasteiger partial charge >= 0.3 is 6.09 Å². The van der Waals surface area contributed by atoms with Gasteiger partial charge in [0.15, 0.2) is 0 Å². The Morgan fingerprint density at radius 2 is 1.35 bits per heavy atom. The zero-order valence-electron chi connectivity index (χ0n) is 15.7. The van der Waals surface area contributed by atoms with Crippen LogP contribution in [-0.4, -0.2) is 16.3 Å². The molecule has 2 saturated carbocycles. The van der Waals surface area contributed by atoms with Crippen molar-refractivity contribution in [3.8, 4) is 0 Å². The average Bonchev–Trinajstić information content (AvgIpc) is 3.47. The van der Waals surface area contributed by atoms with Crippen LogP contribution in [-0.2, 0) is 4.74 Å². The van der Waals surface area contributed by atoms with Gasteiger partial charge in [0.1, 0.15) is 5.60 Å². The summed E-state index contributed by atoms with van der Waals surface area (Å²) in [6, 6.07) is 13.2. The molecule has 0 saturated heterocycles. The molecule has 0 aliphatic heterocycles. The van der Waals surface area contributed by atoms with Crippen LogP contribution in [0.15, 0.2) is 36.4 Å². The molecule has 2 aromatic carbocycles. The zero-order chi connectivity index (χ0) is 18.1. The first-order chi connectivity index (χ1) is 12.4. The number of rotatable bonds is 2. The Morgan fingerprint density at radius 3 is 1.73 bits per heavy atom. The van der Waals surface area contributed by atoms with E-state index >= 15 is 0 Å². The first-order valence-electron chi connectivity index (χ1n) is 9.72. The van der Waals surface area contributed by atoms with Crippen LogP contribution in [0.2, 0.25) is 0 Å². The number of carbonyl (C=O) groups excluding carboxylic acids is 1. The fourth-order valence-electron chi connectivity index (χ4n) is 3.90. The van der Waals surface area contributed by atoms with Crippen LogP contribution in [0.1, 0.15) is 69.4 Å². The van der Waals surface area contributed by atoms with E-state index in [1.807, 2.05) is 20.8 Å². The van der Waals surface area contributed by atoms with Crippen LogP contribution in [0.3, 0.4) is 0 Å². The molecule has 2 aliphatic rings. The highest BCUT2D eigenvalue weighted by Crippen LogP contribution is 2.44. The number of nitrogens with zero attached hydrogens (tertiary/aromatic N) is 1. The molecule has 2 aliphatic carbocycles. The Bertz CT molecular complexity index is 960. The van der Waals surface area contributed by atoms with Crippen LogP contribution in [0.4, 0.5) is 4.79 Å². The van der Waals surface area contributed by atoms with Crippen molar-refractivity contribution in [2.45, 2.75) is 63.9 Å². The molecule has 3 nitrogen and oxygen atoms in total. The smallest absolute Gasteiger partial charge is 0.419 e. The van der Waals surface area contributed by atoms with Gasteiger partial charge in [0.05, 0.1) is 11.0 Å². The van der Waals surface area contributed by atoms with Crippen molar-refractivity contribution >= 4 is 27.9 Å². The van der Waals surface area contributed by atoms with E-state index in [1.54, 1.807) is 4.57 Å². The van der Waals surface area contributed by atoms with E-state index in [0.717, 1.165) is 11.0 Å². The highest BCUT2D eigenvalue weighted by Gasteiger charge is 2.28. The normalized spacial score (nSPS) is 17.8. The molecular formula is C23H25NO2. The van der Waals surface area contributed by atoms with Crippen molar-refractivity contribution in [2.75, 3.05) is 0 Å². The summed E-state index contributed by atoms with van der Waals surface area (Å²) in [5.74, 6) is 1.40. The first kappa shape index (κ1) is 15.9. The summed E-state index contributed by atoms with van der Waals surface area (Å²) in [6.45, 7) is 5.74. The molecule has 1 aromatic heterocycles. The van der Waals surface area contributed by atoms with E-state index in [2.05, 4.69) is 36.4 Å². The highest BCUT2D eigenvalue weighted by molar-refractivity contribution is 6.13. The Morgan fingerprint density at radius 1 is 0.885 bits per heavy atom. The fraction of sp³-hybridized carbons (Fsp3) is 0.435. The van der Waals surface area contributed by atoms with E-state index in [4.69, 9.17) is 4.74 Å². The van der Waals surface area contributed by atoms with E-state index in [-0.39, 0.29) is 6.09 Å². The van der Waals surface area contributed by atoms with Gasteiger partial charge in [-0.3, -0.25) is 0 Å². The molecule has 0 unspecified atom stereocenters. The fourth-order valence-corrected chi connectivity index (χ4v) is 3.90. The maximum absolute atomic E-state index is 13.0. The molecule has 2 fully saturated rings. The standard InChI is InChI=1S/C23H25NO2/c1-23(2,3)26-22(25)24-20-10-8-16(14-4-5-14)12-18(20)19-13-17(15-6-7-15)9-11-21(19)24/h8-15H,4-7H2,1-3H3. The van der Waals surface area contributed by atoms with E-state index < -0.39 is 5.60 Å². The van der Waals surface area contributed by atoms with Gasteiger partial charge in [0.2, 0.25) is 0 Å². The summed E-state index contributed by atoms with van der Waals surface area (Å²) in [7, 11) is 0. The van der Waals surface area contributed by atoms with Crippen molar-refractivity contribution in [1.82, 2.24) is 4.57 Å². The van der Waals surface area contributed by atoms with Crippen molar-refractivity contribution in [3.63, 3.8) is 0 Å². The Labute approximate surface area is 153 Å². The van der Waals surface area contributed by atoms with Gasteiger partial charge in [-0.25, -0.2) is 9.36 Å². The molecule has 134 valence electrons. The van der Waals surface area contributed by atoms with Crippen LogP contribution < -0.4 is 0 Å². The molecule has 5 rings (SSSR count). The number of ether oxygens (including phenoxy) is 1. The van der Waals surface area contributed by atoms with Gasteiger partial charge in [-0.1, -0.05) is 12.1 Å². The van der Waals surface area contributed by atoms with Gasteiger partial charge in [0, 0.05) is 10.8 Å². The third-order valence-corrected chi connectivity index (χ3v) is 5.49. The number of benzene rings is 2. The Kier molecular flexibility index (Phi) is 3.28. The van der Waals surface area contributed by atoms with Gasteiger partial charge < -0.3 is 4.74 Å². The van der Waals surface area contributed by atoms with E-state index in [9.17, 15) is 4.79 Å². The average molecular weight is 347 g/mol. The lowest BCUT2D eigenvalue weighted by atomic mass is 10.0. The number of carbonyl (C=O) groups is 1. The zero-order valence-corrected chi connectivity index (χ0v) is 15.7. The summed E-state index contributed by atoms with van der Waals surface area (Å²) in [5, 5.41) is 2.36. The van der Waals surface area contributed by atoms with Crippen LogP contribution in [0, 0.1) is 0 Å². The first-order valence-corrected chi connectivity index (χ1v) is 9.72. The SMILES string of the molecule is CC(C)(C)OC(=O)n1c2ccc(C3CC3)cc2c2cc(C3CC3)ccc21. The predicted molar refractivity (Wildman–Crippen MR) is 105 cm³/mol. The maximum atomic E-state index is 13.0. The van der Waals surface area contributed by atoms with Gasteiger partial charge in [-0.15, -0.1) is 0 Å². The summed E-state index contributed by atoms with van der Waals surface area (Å²) in [6.07, 6.45) is 4.83. The topological polar surface area (TPSA) is 31.2 Å². The maximum Gasteiger partial charge on any atom is 0.419 e. The lowest BCUT2D eigenvalue weighted by molar-refractivity contribution is 0.0551. The minimum absolute atomic E-state index is 0.296. The molecular weight excluding hydrogens is 322 g/mol. The van der Waals surface area contributed by atoms with Crippen molar-refractivity contribution in [2.24, 2.45) is 0 Å². The number of hydrogen-bond donors (Lipinski definition) is 0. The third-order valence-electron chi connectivity index (χ3n) is 5.49. The molecule has 0 N–H and O–H groups in total. The second kappa shape index (κ2) is 5.35. The Hall–Kier alpha value is -2.29. The highest BCUT2D eigenvalue weighted by atomic mass is 16.6. The largest absolute Gasteiger partial charge is 0.443 e. The minimum Gasteiger partial charge on any atom is -0.443 e. The second-order valence-corrected chi connectivity index (χ2v) is 8.92. The molecule has 3 heteroatoms. The van der Waals surface area contributed by atoms with Crippen LogP contribution >= 0.6 is 0 Å². The van der Waals surface area contributed by atoms with Gasteiger partial charge in [-0.05, 0) is 93.7 Å². The molecule has 26 heavy (non-hydrogen) atoms. The monoisotopic (exact) mass is 347 g/mol. The minimum atomic E-state index is -0.512. The molecule has 0 atom stereocenters. The predicted octanol–water partition coefficient (Wildman–Crippen LogP) is 6.33. The quantitative estimate of drug-likeness (QED) is 0.542. The van der Waals surface area contributed by atoms with Crippen LogP contribution in [0.5, 0.6) is 0 Å². The molecule has 0 amide bonds. The number of hydrogen-bond acceptors (Lipinski definition) is 2. The van der Waals surface area contributed by atoms with Crippen molar-refractivity contribution in [1.29, 1.82) is 0 Å². The molecule has 0 bridgehead atoms. The Balaban J connectivity index is 1.74. The number of fused-ring (bicyclic) bond motifs is 3. The van der Waals surface area contributed by atoms with E-state index in [1.165, 1.54) is 47.6 Å². The summed E-state index contributed by atoms with van der Waals surface area (Å²) < 4.78 is 7.46. The summed E-state index contributed by atoms with van der Waals surface area (Å²) >= 11 is 0. The molecule has 1 heterocycles. The van der Waals surface area contributed by atoms with Crippen molar-refractivity contribution in [3.05, 3.63) is 47.5 Å². The van der Waals surface area contributed by atoms with Gasteiger partial charge in [0.25, 0.3) is 0 Å². The third kappa shape index (κ3) is 2.70. The lowest BCUT2D eigenvalue weighted by Crippen LogP contribution is -2.27. The lowest BCUT2D eigenvalue weighted by Gasteiger charge is -2.20. The van der Waals surface area contributed by atoms with Crippen LogP contribution in [0.25, 0.3) is 21.8 Å².